The Labute approximate surface area is 105 Å². The van der Waals surface area contributed by atoms with E-state index in [4.69, 9.17) is 16.3 Å². The van der Waals surface area contributed by atoms with Gasteiger partial charge in [0.15, 0.2) is 0 Å². The third-order valence-electron chi connectivity index (χ3n) is 2.07. The maximum atomic E-state index is 11.6. The van der Waals surface area contributed by atoms with Gasteiger partial charge in [-0.2, -0.15) is 11.3 Å². The van der Waals surface area contributed by atoms with Crippen molar-refractivity contribution in [2.45, 2.75) is 13.3 Å². The van der Waals surface area contributed by atoms with Crippen LogP contribution in [0.4, 0.5) is 0 Å². The van der Waals surface area contributed by atoms with Gasteiger partial charge in [-0.1, -0.05) is 0 Å². The third-order valence-corrected chi connectivity index (χ3v) is 3.09. The second-order valence-electron chi connectivity index (χ2n) is 3.38. The molecule has 0 aliphatic carbocycles. The molecule has 0 aliphatic heterocycles. The minimum Gasteiger partial charge on any atom is -0.380 e. The standard InChI is InChI=1S/C11H16ClNO2S/c1-9-7-16-8-10(9)11(14)13-4-2-5-15-6-3-12/h7-8H,2-6H2,1H3,(H,13,14). The van der Waals surface area contributed by atoms with Crippen molar-refractivity contribution in [3.63, 3.8) is 0 Å². The molecule has 3 nitrogen and oxygen atoms in total. The van der Waals surface area contributed by atoms with E-state index in [2.05, 4.69) is 5.32 Å². The number of hydrogen-bond donors (Lipinski definition) is 1. The van der Waals surface area contributed by atoms with E-state index >= 15 is 0 Å². The summed E-state index contributed by atoms with van der Waals surface area (Å²) in [5.74, 6) is 0.511. The van der Waals surface area contributed by atoms with Gasteiger partial charge < -0.3 is 10.1 Å². The lowest BCUT2D eigenvalue weighted by Crippen LogP contribution is -2.25. The number of carbonyl (C=O) groups is 1. The van der Waals surface area contributed by atoms with Gasteiger partial charge in [-0.05, 0) is 24.3 Å². The molecule has 1 amide bonds. The lowest BCUT2D eigenvalue weighted by Gasteiger charge is -2.05. The topological polar surface area (TPSA) is 38.3 Å². The van der Waals surface area contributed by atoms with Gasteiger partial charge in [0.1, 0.15) is 0 Å². The van der Waals surface area contributed by atoms with Gasteiger partial charge in [0.05, 0.1) is 12.2 Å². The van der Waals surface area contributed by atoms with Crippen LogP contribution in [0.25, 0.3) is 0 Å². The maximum absolute atomic E-state index is 11.6. The van der Waals surface area contributed by atoms with Crippen molar-refractivity contribution in [2.24, 2.45) is 0 Å². The van der Waals surface area contributed by atoms with Gasteiger partial charge in [-0.3, -0.25) is 4.79 Å². The molecule has 1 N–H and O–H groups in total. The zero-order valence-corrected chi connectivity index (χ0v) is 10.9. The first-order valence-electron chi connectivity index (χ1n) is 5.20. The van der Waals surface area contributed by atoms with Crippen LogP contribution in [0.2, 0.25) is 0 Å². The van der Waals surface area contributed by atoms with Gasteiger partial charge in [0.25, 0.3) is 5.91 Å². The molecule has 1 heterocycles. The van der Waals surface area contributed by atoms with Crippen LogP contribution in [-0.2, 0) is 4.74 Å². The Morgan fingerprint density at radius 1 is 1.50 bits per heavy atom. The number of nitrogens with one attached hydrogen (secondary N) is 1. The maximum Gasteiger partial charge on any atom is 0.252 e. The van der Waals surface area contributed by atoms with Crippen molar-refractivity contribution >= 4 is 28.8 Å². The fourth-order valence-electron chi connectivity index (χ4n) is 1.22. The van der Waals surface area contributed by atoms with Crippen molar-refractivity contribution in [1.82, 2.24) is 5.32 Å². The van der Waals surface area contributed by atoms with E-state index < -0.39 is 0 Å². The van der Waals surface area contributed by atoms with E-state index in [1.807, 2.05) is 17.7 Å². The van der Waals surface area contributed by atoms with E-state index in [-0.39, 0.29) is 5.91 Å². The highest BCUT2D eigenvalue weighted by Crippen LogP contribution is 2.12. The molecule has 1 aromatic heterocycles. The summed E-state index contributed by atoms with van der Waals surface area (Å²) in [7, 11) is 0. The Morgan fingerprint density at radius 3 is 2.94 bits per heavy atom. The Hall–Kier alpha value is -0.580. The van der Waals surface area contributed by atoms with Crippen LogP contribution in [0.1, 0.15) is 22.3 Å². The van der Waals surface area contributed by atoms with Crippen LogP contribution >= 0.6 is 22.9 Å². The van der Waals surface area contributed by atoms with E-state index in [1.165, 1.54) is 0 Å². The fourth-order valence-corrected chi connectivity index (χ4v) is 2.16. The van der Waals surface area contributed by atoms with Gasteiger partial charge in [0, 0.05) is 24.4 Å². The van der Waals surface area contributed by atoms with Crippen LogP contribution in [0.3, 0.4) is 0 Å². The van der Waals surface area contributed by atoms with Crippen LogP contribution in [0, 0.1) is 6.92 Å². The van der Waals surface area contributed by atoms with E-state index in [1.54, 1.807) is 11.3 Å². The average molecular weight is 262 g/mol. The van der Waals surface area contributed by atoms with Crippen LogP contribution < -0.4 is 5.32 Å². The molecule has 0 bridgehead atoms. The highest BCUT2D eigenvalue weighted by molar-refractivity contribution is 7.08. The molecule has 0 saturated carbocycles. The molecular formula is C11H16ClNO2S. The molecular weight excluding hydrogens is 246 g/mol. The molecule has 90 valence electrons. The molecule has 0 aromatic carbocycles. The first-order chi connectivity index (χ1) is 7.75. The van der Waals surface area contributed by atoms with Crippen molar-refractivity contribution in [2.75, 3.05) is 25.6 Å². The Morgan fingerprint density at radius 2 is 2.31 bits per heavy atom. The largest absolute Gasteiger partial charge is 0.380 e. The number of halogens is 1. The summed E-state index contributed by atoms with van der Waals surface area (Å²) in [5, 5.41) is 6.70. The first-order valence-corrected chi connectivity index (χ1v) is 6.68. The SMILES string of the molecule is Cc1cscc1C(=O)NCCCOCCCl. The summed E-state index contributed by atoms with van der Waals surface area (Å²) >= 11 is 7.00. The molecule has 0 spiro atoms. The molecule has 0 atom stereocenters. The molecule has 0 fully saturated rings. The summed E-state index contributed by atoms with van der Waals surface area (Å²) in [6.07, 6.45) is 0.811. The molecule has 16 heavy (non-hydrogen) atoms. The predicted octanol–water partition coefficient (Wildman–Crippen LogP) is 2.43. The zero-order chi connectivity index (χ0) is 11.8. The highest BCUT2D eigenvalue weighted by Gasteiger charge is 2.08. The molecule has 1 aromatic rings. The second-order valence-corrected chi connectivity index (χ2v) is 4.50. The Bertz CT molecular complexity index is 328. The van der Waals surface area contributed by atoms with E-state index in [0.29, 0.717) is 25.6 Å². The number of amides is 1. The van der Waals surface area contributed by atoms with E-state index in [0.717, 1.165) is 17.5 Å². The van der Waals surface area contributed by atoms with Gasteiger partial charge in [-0.15, -0.1) is 11.6 Å². The molecule has 0 aliphatic rings. The van der Waals surface area contributed by atoms with E-state index in [9.17, 15) is 4.79 Å². The molecule has 0 radical (unpaired) electrons. The average Bonchev–Trinajstić information content (AvgIpc) is 2.69. The van der Waals surface area contributed by atoms with Crippen molar-refractivity contribution in [3.05, 3.63) is 21.9 Å². The minimum absolute atomic E-state index is 0.00362. The summed E-state index contributed by atoms with van der Waals surface area (Å²) < 4.78 is 5.20. The molecule has 0 saturated heterocycles. The summed E-state index contributed by atoms with van der Waals surface area (Å²) in [6.45, 7) is 3.78. The predicted molar refractivity (Wildman–Crippen MR) is 67.5 cm³/mol. The number of rotatable bonds is 7. The number of hydrogen-bond acceptors (Lipinski definition) is 3. The summed E-state index contributed by atoms with van der Waals surface area (Å²) in [5.41, 5.74) is 1.80. The third kappa shape index (κ3) is 4.51. The monoisotopic (exact) mass is 261 g/mol. The number of alkyl halides is 1. The first kappa shape index (κ1) is 13.5. The number of ether oxygens (including phenoxy) is 1. The van der Waals surface area contributed by atoms with Gasteiger partial charge in [-0.25, -0.2) is 0 Å². The van der Waals surface area contributed by atoms with Crippen molar-refractivity contribution in [1.29, 1.82) is 0 Å². The normalized spacial score (nSPS) is 10.4. The van der Waals surface area contributed by atoms with Gasteiger partial charge in [0.2, 0.25) is 0 Å². The van der Waals surface area contributed by atoms with Crippen molar-refractivity contribution < 1.29 is 9.53 Å². The number of thiophene rings is 1. The smallest absolute Gasteiger partial charge is 0.252 e. The summed E-state index contributed by atoms with van der Waals surface area (Å²) in [4.78, 5) is 11.6. The Kier molecular flexibility index (Phi) is 6.45. The zero-order valence-electron chi connectivity index (χ0n) is 9.29. The van der Waals surface area contributed by atoms with Crippen LogP contribution in [-0.4, -0.2) is 31.5 Å². The fraction of sp³-hybridized carbons (Fsp3) is 0.545. The molecule has 1 rings (SSSR count). The second kappa shape index (κ2) is 7.65. The molecule has 0 unspecified atom stereocenters. The lowest BCUT2D eigenvalue weighted by atomic mass is 10.2. The van der Waals surface area contributed by atoms with Crippen LogP contribution in [0.5, 0.6) is 0 Å². The number of aryl methyl sites for hydroxylation is 1. The van der Waals surface area contributed by atoms with Gasteiger partial charge >= 0.3 is 0 Å². The minimum atomic E-state index is -0.00362. The highest BCUT2D eigenvalue weighted by atomic mass is 35.5. The molecule has 5 heteroatoms. The van der Waals surface area contributed by atoms with Crippen molar-refractivity contribution in [3.8, 4) is 0 Å². The van der Waals surface area contributed by atoms with Crippen LogP contribution in [0.15, 0.2) is 10.8 Å². The lowest BCUT2D eigenvalue weighted by molar-refractivity contribution is 0.0944. The quantitative estimate of drug-likeness (QED) is 0.605. The summed E-state index contributed by atoms with van der Waals surface area (Å²) in [6, 6.07) is 0. The number of carbonyl (C=O) groups excluding carboxylic acids is 1. The Balaban J connectivity index is 2.14.